The normalized spacial score (nSPS) is 12.9. The van der Waals surface area contributed by atoms with Crippen LogP contribution in [-0.2, 0) is 17.6 Å². The standard InChI is InChI=1S/C24H25N3O3/c1-15-7-10-20(11-16(15)2)26-23(28)14-25-24(29)21-13-22(30-27-21)19-9-8-17-5-3-4-6-18(17)12-19/h7-13H,3-6,14H2,1-2H3,(H,25,29)(H,26,28). The molecule has 3 aromatic rings. The summed E-state index contributed by atoms with van der Waals surface area (Å²) in [5.74, 6) is -0.198. The number of amides is 2. The molecule has 0 saturated carbocycles. The van der Waals surface area contributed by atoms with Crippen molar-refractivity contribution < 1.29 is 14.1 Å². The molecule has 1 heterocycles. The molecule has 1 aromatic heterocycles. The van der Waals surface area contributed by atoms with Crippen LogP contribution in [0.1, 0.15) is 45.6 Å². The Morgan fingerprint density at radius 2 is 1.77 bits per heavy atom. The largest absolute Gasteiger partial charge is 0.355 e. The molecule has 2 N–H and O–H groups in total. The first kappa shape index (κ1) is 19.9. The van der Waals surface area contributed by atoms with Gasteiger partial charge in [-0.25, -0.2) is 0 Å². The number of rotatable bonds is 5. The Labute approximate surface area is 175 Å². The van der Waals surface area contributed by atoms with Gasteiger partial charge in [0.05, 0.1) is 6.54 Å². The van der Waals surface area contributed by atoms with Crippen LogP contribution in [-0.4, -0.2) is 23.5 Å². The molecule has 6 heteroatoms. The molecule has 4 rings (SSSR count). The van der Waals surface area contributed by atoms with Gasteiger partial charge in [0.2, 0.25) is 5.91 Å². The zero-order chi connectivity index (χ0) is 21.1. The van der Waals surface area contributed by atoms with Crippen LogP contribution in [0.4, 0.5) is 5.69 Å². The van der Waals surface area contributed by atoms with Gasteiger partial charge in [0.15, 0.2) is 11.5 Å². The molecule has 6 nitrogen and oxygen atoms in total. The molecule has 0 fully saturated rings. The molecule has 0 atom stereocenters. The Kier molecular flexibility index (Phi) is 5.65. The monoisotopic (exact) mass is 403 g/mol. The molecule has 1 aliphatic carbocycles. The Hall–Kier alpha value is -3.41. The van der Waals surface area contributed by atoms with Crippen molar-refractivity contribution in [1.29, 1.82) is 0 Å². The van der Waals surface area contributed by atoms with Gasteiger partial charge in [-0.15, -0.1) is 0 Å². The van der Waals surface area contributed by atoms with Crippen molar-refractivity contribution in [3.8, 4) is 11.3 Å². The van der Waals surface area contributed by atoms with Gasteiger partial charge in [-0.3, -0.25) is 9.59 Å². The van der Waals surface area contributed by atoms with Crippen LogP contribution in [0, 0.1) is 13.8 Å². The minimum atomic E-state index is -0.446. The lowest BCUT2D eigenvalue weighted by Crippen LogP contribution is -2.33. The second-order valence-corrected chi connectivity index (χ2v) is 7.80. The van der Waals surface area contributed by atoms with E-state index in [9.17, 15) is 9.59 Å². The Morgan fingerprint density at radius 3 is 2.57 bits per heavy atom. The van der Waals surface area contributed by atoms with Crippen LogP contribution in [0.15, 0.2) is 47.0 Å². The first-order valence-corrected chi connectivity index (χ1v) is 10.2. The van der Waals surface area contributed by atoms with Gasteiger partial charge in [0.1, 0.15) is 0 Å². The maximum atomic E-state index is 12.4. The molecule has 154 valence electrons. The molecular weight excluding hydrogens is 378 g/mol. The van der Waals surface area contributed by atoms with E-state index in [0.717, 1.165) is 29.5 Å². The molecule has 0 bridgehead atoms. The number of carbonyl (C=O) groups is 2. The average molecular weight is 403 g/mol. The lowest BCUT2D eigenvalue weighted by Gasteiger charge is -2.15. The van der Waals surface area contributed by atoms with E-state index in [1.807, 2.05) is 38.1 Å². The summed E-state index contributed by atoms with van der Waals surface area (Å²) in [6, 6.07) is 13.5. The highest BCUT2D eigenvalue weighted by Crippen LogP contribution is 2.27. The molecular formula is C24H25N3O3. The van der Waals surface area contributed by atoms with E-state index in [-0.39, 0.29) is 18.1 Å². The number of aromatic nitrogens is 1. The third-order valence-electron chi connectivity index (χ3n) is 5.58. The van der Waals surface area contributed by atoms with Crippen molar-refractivity contribution in [3.63, 3.8) is 0 Å². The maximum absolute atomic E-state index is 12.4. The molecule has 2 aromatic carbocycles. The summed E-state index contributed by atoms with van der Waals surface area (Å²) >= 11 is 0. The fourth-order valence-corrected chi connectivity index (χ4v) is 3.68. The quantitative estimate of drug-likeness (QED) is 0.668. The fraction of sp³-hybridized carbons (Fsp3) is 0.292. The molecule has 2 amide bonds. The molecule has 30 heavy (non-hydrogen) atoms. The number of fused-ring (bicyclic) bond motifs is 1. The highest BCUT2D eigenvalue weighted by Gasteiger charge is 2.16. The summed E-state index contributed by atoms with van der Waals surface area (Å²) in [5.41, 5.74) is 6.74. The van der Waals surface area contributed by atoms with Crippen LogP contribution in [0.5, 0.6) is 0 Å². The van der Waals surface area contributed by atoms with Crippen LogP contribution in [0.2, 0.25) is 0 Å². The summed E-state index contributed by atoms with van der Waals surface area (Å²) in [4.78, 5) is 24.5. The van der Waals surface area contributed by atoms with Crippen molar-refractivity contribution >= 4 is 17.5 Å². The van der Waals surface area contributed by atoms with Gasteiger partial charge in [-0.05, 0) is 80.0 Å². The zero-order valence-electron chi connectivity index (χ0n) is 17.2. The van der Waals surface area contributed by atoms with Gasteiger partial charge in [-0.2, -0.15) is 0 Å². The first-order chi connectivity index (χ1) is 14.5. The minimum absolute atomic E-state index is 0.146. The molecule has 0 spiro atoms. The van der Waals surface area contributed by atoms with Gasteiger partial charge in [-0.1, -0.05) is 23.4 Å². The molecule has 1 aliphatic rings. The predicted octanol–water partition coefficient (Wildman–Crippen LogP) is 4.21. The smallest absolute Gasteiger partial charge is 0.273 e. The summed E-state index contributed by atoms with van der Waals surface area (Å²) in [7, 11) is 0. The number of aryl methyl sites for hydroxylation is 4. The number of nitrogens with zero attached hydrogens (tertiary/aromatic N) is 1. The fourth-order valence-electron chi connectivity index (χ4n) is 3.68. The number of benzene rings is 2. The Bertz CT molecular complexity index is 1100. The SMILES string of the molecule is Cc1ccc(NC(=O)CNC(=O)c2cc(-c3ccc4c(c3)CCCC4)on2)cc1C. The number of anilines is 1. The van der Waals surface area contributed by atoms with E-state index in [1.165, 1.54) is 24.0 Å². The third kappa shape index (κ3) is 4.43. The Balaban J connectivity index is 1.36. The van der Waals surface area contributed by atoms with E-state index >= 15 is 0 Å². The summed E-state index contributed by atoms with van der Waals surface area (Å²) in [6.07, 6.45) is 4.62. The van der Waals surface area contributed by atoms with Crippen molar-refractivity contribution in [3.05, 3.63) is 70.4 Å². The van der Waals surface area contributed by atoms with E-state index in [2.05, 4.69) is 27.9 Å². The van der Waals surface area contributed by atoms with Gasteiger partial charge < -0.3 is 15.2 Å². The average Bonchev–Trinajstić information content (AvgIpc) is 3.25. The lowest BCUT2D eigenvalue weighted by atomic mass is 9.90. The highest BCUT2D eigenvalue weighted by molar-refractivity contribution is 5.98. The molecule has 0 radical (unpaired) electrons. The van der Waals surface area contributed by atoms with Crippen LogP contribution >= 0.6 is 0 Å². The van der Waals surface area contributed by atoms with E-state index < -0.39 is 5.91 Å². The maximum Gasteiger partial charge on any atom is 0.273 e. The van der Waals surface area contributed by atoms with Crippen LogP contribution in [0.3, 0.4) is 0 Å². The predicted molar refractivity (Wildman–Crippen MR) is 115 cm³/mol. The summed E-state index contributed by atoms with van der Waals surface area (Å²) in [5, 5.41) is 9.23. The van der Waals surface area contributed by atoms with Crippen molar-refractivity contribution in [2.45, 2.75) is 39.5 Å². The third-order valence-corrected chi connectivity index (χ3v) is 5.58. The van der Waals surface area contributed by atoms with Crippen molar-refractivity contribution in [1.82, 2.24) is 10.5 Å². The summed E-state index contributed by atoms with van der Waals surface area (Å²) in [6.45, 7) is 3.85. The molecule has 0 saturated heterocycles. The zero-order valence-corrected chi connectivity index (χ0v) is 17.2. The first-order valence-electron chi connectivity index (χ1n) is 10.2. The Morgan fingerprint density at radius 1 is 0.967 bits per heavy atom. The number of hydrogen-bond donors (Lipinski definition) is 2. The number of carbonyl (C=O) groups excluding carboxylic acids is 2. The highest BCUT2D eigenvalue weighted by atomic mass is 16.5. The second kappa shape index (κ2) is 8.53. The number of nitrogens with one attached hydrogen (secondary N) is 2. The van der Waals surface area contributed by atoms with E-state index in [0.29, 0.717) is 11.4 Å². The van der Waals surface area contributed by atoms with E-state index in [4.69, 9.17) is 4.52 Å². The minimum Gasteiger partial charge on any atom is -0.355 e. The van der Waals surface area contributed by atoms with Gasteiger partial charge in [0.25, 0.3) is 5.91 Å². The van der Waals surface area contributed by atoms with Gasteiger partial charge in [0, 0.05) is 17.3 Å². The van der Waals surface area contributed by atoms with Crippen molar-refractivity contribution in [2.24, 2.45) is 0 Å². The van der Waals surface area contributed by atoms with E-state index in [1.54, 1.807) is 6.07 Å². The summed E-state index contributed by atoms with van der Waals surface area (Å²) < 4.78 is 5.38. The molecule has 0 aliphatic heterocycles. The number of hydrogen-bond acceptors (Lipinski definition) is 4. The molecule has 0 unspecified atom stereocenters. The topological polar surface area (TPSA) is 84.2 Å². The second-order valence-electron chi connectivity index (χ2n) is 7.80. The van der Waals surface area contributed by atoms with Crippen LogP contribution in [0.25, 0.3) is 11.3 Å². The van der Waals surface area contributed by atoms with Crippen LogP contribution < -0.4 is 10.6 Å². The van der Waals surface area contributed by atoms with Gasteiger partial charge >= 0.3 is 0 Å². The van der Waals surface area contributed by atoms with Crippen molar-refractivity contribution in [2.75, 3.05) is 11.9 Å². The lowest BCUT2D eigenvalue weighted by molar-refractivity contribution is -0.115.